The molecule has 1 fully saturated rings. The number of amides is 1. The average molecular weight is 289 g/mol. The molecular formula is C12H14F3N3O2. The third-order valence-corrected chi connectivity index (χ3v) is 3.04. The molecule has 8 heteroatoms. The lowest BCUT2D eigenvalue weighted by Gasteiger charge is -2.39. The van der Waals surface area contributed by atoms with E-state index in [1.165, 1.54) is 7.11 Å². The number of carbonyl (C=O) groups is 1. The molecule has 1 aromatic heterocycles. The molecule has 2 heterocycles. The molecule has 1 aliphatic heterocycles. The number of nitrogens with zero attached hydrogens (tertiary/aromatic N) is 3. The van der Waals surface area contributed by atoms with Crippen molar-refractivity contribution in [2.24, 2.45) is 5.92 Å². The minimum absolute atomic E-state index is 0.0261. The molecule has 0 atom stereocenters. The van der Waals surface area contributed by atoms with Crippen molar-refractivity contribution in [3.63, 3.8) is 0 Å². The number of carbonyl (C=O) groups excluding carboxylic acids is 1. The van der Waals surface area contributed by atoms with Gasteiger partial charge in [0, 0.05) is 32.6 Å². The van der Waals surface area contributed by atoms with E-state index in [0.29, 0.717) is 18.9 Å². The van der Waals surface area contributed by atoms with Crippen LogP contribution in [0.2, 0.25) is 0 Å². The van der Waals surface area contributed by atoms with Crippen LogP contribution in [0.1, 0.15) is 11.4 Å². The molecular weight excluding hydrogens is 275 g/mol. The molecule has 0 N–H and O–H groups in total. The normalized spacial score (nSPS) is 16.1. The van der Waals surface area contributed by atoms with Crippen molar-refractivity contribution in [2.45, 2.75) is 19.2 Å². The van der Waals surface area contributed by atoms with E-state index in [1.54, 1.807) is 12.4 Å². The molecule has 2 rings (SSSR count). The SMILES string of the molecule is COCc1ncc(CC2CN(C(=O)C(F)(F)F)C2)cn1. The van der Waals surface area contributed by atoms with Crippen molar-refractivity contribution in [1.29, 1.82) is 0 Å². The van der Waals surface area contributed by atoms with E-state index < -0.39 is 12.1 Å². The highest BCUT2D eigenvalue weighted by Gasteiger charge is 2.46. The van der Waals surface area contributed by atoms with Crippen LogP contribution in [0.25, 0.3) is 0 Å². The first-order valence-corrected chi connectivity index (χ1v) is 6.05. The van der Waals surface area contributed by atoms with E-state index in [2.05, 4.69) is 9.97 Å². The maximum atomic E-state index is 12.2. The van der Waals surface area contributed by atoms with E-state index in [9.17, 15) is 18.0 Å². The van der Waals surface area contributed by atoms with Gasteiger partial charge in [0.1, 0.15) is 6.61 Å². The van der Waals surface area contributed by atoms with Gasteiger partial charge >= 0.3 is 12.1 Å². The van der Waals surface area contributed by atoms with Crippen LogP contribution in [0.15, 0.2) is 12.4 Å². The molecule has 1 aliphatic rings. The third-order valence-electron chi connectivity index (χ3n) is 3.04. The second kappa shape index (κ2) is 5.74. The molecule has 1 saturated heterocycles. The van der Waals surface area contributed by atoms with Crippen LogP contribution in [0.3, 0.4) is 0 Å². The summed E-state index contributed by atoms with van der Waals surface area (Å²) in [6, 6.07) is 0. The van der Waals surface area contributed by atoms with Gasteiger partial charge in [0.05, 0.1) is 0 Å². The Morgan fingerprint density at radius 1 is 1.40 bits per heavy atom. The average Bonchev–Trinajstić information content (AvgIpc) is 2.34. The lowest BCUT2D eigenvalue weighted by molar-refractivity contribution is -0.191. The van der Waals surface area contributed by atoms with Crippen LogP contribution >= 0.6 is 0 Å². The van der Waals surface area contributed by atoms with Gasteiger partial charge in [-0.2, -0.15) is 13.2 Å². The number of halogens is 3. The summed E-state index contributed by atoms with van der Waals surface area (Å²) >= 11 is 0. The first kappa shape index (κ1) is 14.7. The summed E-state index contributed by atoms with van der Waals surface area (Å²) in [5, 5.41) is 0. The zero-order valence-electron chi connectivity index (χ0n) is 10.9. The molecule has 0 radical (unpaired) electrons. The quantitative estimate of drug-likeness (QED) is 0.835. The summed E-state index contributed by atoms with van der Waals surface area (Å²) in [6.07, 6.45) is -0.948. The van der Waals surface area contributed by atoms with Gasteiger partial charge in [-0.3, -0.25) is 4.79 Å². The second-order valence-electron chi connectivity index (χ2n) is 4.72. The zero-order chi connectivity index (χ0) is 14.8. The van der Waals surface area contributed by atoms with Gasteiger partial charge in [0.15, 0.2) is 5.82 Å². The van der Waals surface area contributed by atoms with Gasteiger partial charge in [0.2, 0.25) is 0 Å². The molecule has 20 heavy (non-hydrogen) atoms. The van der Waals surface area contributed by atoms with Gasteiger partial charge < -0.3 is 9.64 Å². The summed E-state index contributed by atoms with van der Waals surface area (Å²) < 4.78 is 41.4. The van der Waals surface area contributed by atoms with Crippen molar-refractivity contribution in [1.82, 2.24) is 14.9 Å². The summed E-state index contributed by atoms with van der Waals surface area (Å²) in [7, 11) is 1.54. The Morgan fingerprint density at radius 2 is 2.00 bits per heavy atom. The summed E-state index contributed by atoms with van der Waals surface area (Å²) in [5.41, 5.74) is 0.842. The van der Waals surface area contributed by atoms with Crippen LogP contribution in [-0.4, -0.2) is 47.2 Å². The van der Waals surface area contributed by atoms with Gasteiger partial charge in [0.25, 0.3) is 0 Å². The highest BCUT2D eigenvalue weighted by molar-refractivity contribution is 5.82. The number of hydrogen-bond donors (Lipinski definition) is 0. The Balaban J connectivity index is 1.81. The molecule has 5 nitrogen and oxygen atoms in total. The van der Waals surface area contributed by atoms with Crippen LogP contribution in [0.5, 0.6) is 0 Å². The Hall–Kier alpha value is -1.70. The molecule has 0 aliphatic carbocycles. The van der Waals surface area contributed by atoms with Crippen molar-refractivity contribution in [3.8, 4) is 0 Å². The van der Waals surface area contributed by atoms with E-state index in [4.69, 9.17) is 4.74 Å². The fraction of sp³-hybridized carbons (Fsp3) is 0.583. The molecule has 0 aromatic carbocycles. The lowest BCUT2D eigenvalue weighted by Crippen LogP contribution is -2.54. The van der Waals surface area contributed by atoms with E-state index in [0.717, 1.165) is 10.5 Å². The molecule has 0 saturated carbocycles. The van der Waals surface area contributed by atoms with Gasteiger partial charge in [-0.15, -0.1) is 0 Å². The van der Waals surface area contributed by atoms with E-state index >= 15 is 0 Å². The van der Waals surface area contributed by atoms with Crippen molar-refractivity contribution < 1.29 is 22.7 Å². The maximum Gasteiger partial charge on any atom is 0.471 e. The van der Waals surface area contributed by atoms with Crippen LogP contribution in [0, 0.1) is 5.92 Å². The molecule has 0 unspecified atom stereocenters. The highest BCUT2D eigenvalue weighted by atomic mass is 19.4. The Labute approximate surface area is 113 Å². The summed E-state index contributed by atoms with van der Waals surface area (Å²) in [4.78, 5) is 19.9. The maximum absolute atomic E-state index is 12.2. The monoisotopic (exact) mass is 289 g/mol. The fourth-order valence-corrected chi connectivity index (χ4v) is 2.07. The predicted octanol–water partition coefficient (Wildman–Crippen LogP) is 1.19. The lowest BCUT2D eigenvalue weighted by atomic mass is 9.93. The number of alkyl halides is 3. The highest BCUT2D eigenvalue weighted by Crippen LogP contribution is 2.26. The number of hydrogen-bond acceptors (Lipinski definition) is 4. The Kier molecular flexibility index (Phi) is 4.22. The number of methoxy groups -OCH3 is 1. The topological polar surface area (TPSA) is 55.3 Å². The smallest absolute Gasteiger partial charge is 0.377 e. The zero-order valence-corrected chi connectivity index (χ0v) is 10.9. The van der Waals surface area contributed by atoms with Gasteiger partial charge in [-0.05, 0) is 17.9 Å². The minimum Gasteiger partial charge on any atom is -0.377 e. The summed E-state index contributed by atoms with van der Waals surface area (Å²) in [5.74, 6) is -1.18. The largest absolute Gasteiger partial charge is 0.471 e. The number of rotatable bonds is 4. The summed E-state index contributed by atoms with van der Waals surface area (Å²) in [6.45, 7) is 0.563. The first-order chi connectivity index (χ1) is 9.40. The molecule has 1 aromatic rings. The number of likely N-dealkylation sites (tertiary alicyclic amines) is 1. The van der Waals surface area contributed by atoms with Crippen LogP contribution in [0.4, 0.5) is 13.2 Å². The van der Waals surface area contributed by atoms with Crippen LogP contribution < -0.4 is 0 Å². The third kappa shape index (κ3) is 3.44. The van der Waals surface area contributed by atoms with Crippen molar-refractivity contribution >= 4 is 5.91 Å². The van der Waals surface area contributed by atoms with Gasteiger partial charge in [-0.1, -0.05) is 0 Å². The Morgan fingerprint density at radius 3 is 2.50 bits per heavy atom. The molecule has 1 amide bonds. The molecule has 0 spiro atoms. The number of ether oxygens (including phenoxy) is 1. The van der Waals surface area contributed by atoms with Gasteiger partial charge in [-0.25, -0.2) is 9.97 Å². The standard InChI is InChI=1S/C12H14F3N3O2/c1-20-7-10-16-3-8(4-17-10)2-9-5-18(6-9)11(19)12(13,14)15/h3-4,9H,2,5-7H2,1H3. The Bertz CT molecular complexity index is 470. The van der Waals surface area contributed by atoms with E-state index in [1.807, 2.05) is 0 Å². The first-order valence-electron chi connectivity index (χ1n) is 6.05. The predicted molar refractivity (Wildman–Crippen MR) is 62.6 cm³/mol. The second-order valence-corrected chi connectivity index (χ2v) is 4.72. The van der Waals surface area contributed by atoms with Crippen LogP contribution in [-0.2, 0) is 22.6 Å². The fourth-order valence-electron chi connectivity index (χ4n) is 2.07. The van der Waals surface area contributed by atoms with Crippen molar-refractivity contribution in [3.05, 3.63) is 23.8 Å². The molecule has 0 bridgehead atoms. The van der Waals surface area contributed by atoms with E-state index in [-0.39, 0.29) is 19.0 Å². The van der Waals surface area contributed by atoms with Crippen molar-refractivity contribution in [2.75, 3.05) is 20.2 Å². The minimum atomic E-state index is -4.78. The number of aromatic nitrogens is 2. The molecule has 110 valence electrons.